The quantitative estimate of drug-likeness (QED) is 0.306. The molecule has 3 nitrogen and oxygen atoms in total. The molecule has 0 saturated heterocycles. The molecule has 3 heterocycles. The Hall–Kier alpha value is -4.11. The standard InChI is InChI=1S/C27H17N3/c1-3-7-24-20(5-1)22-15-18(10-12-25(22)29-24)17-9-11-19-21-6-2-4-8-26(21)30-27(13-14-28-30)23(19)16-17/h1-16,29H. The van der Waals surface area contributed by atoms with Crippen molar-refractivity contribution in [3.05, 3.63) is 97.2 Å². The minimum absolute atomic E-state index is 1.14. The number of pyridine rings is 1. The third-order valence-corrected chi connectivity index (χ3v) is 6.20. The van der Waals surface area contributed by atoms with E-state index >= 15 is 0 Å². The highest BCUT2D eigenvalue weighted by atomic mass is 15.2. The van der Waals surface area contributed by atoms with Crippen LogP contribution in [0.3, 0.4) is 0 Å². The minimum Gasteiger partial charge on any atom is -0.355 e. The van der Waals surface area contributed by atoms with Crippen molar-refractivity contribution >= 4 is 49.0 Å². The highest BCUT2D eigenvalue weighted by molar-refractivity contribution is 6.14. The summed E-state index contributed by atoms with van der Waals surface area (Å²) in [6.07, 6.45) is 1.88. The van der Waals surface area contributed by atoms with Gasteiger partial charge in [-0.3, -0.25) is 0 Å². The first kappa shape index (κ1) is 15.8. The zero-order valence-electron chi connectivity index (χ0n) is 16.1. The number of fused-ring (bicyclic) bond motifs is 9. The largest absolute Gasteiger partial charge is 0.355 e. The monoisotopic (exact) mass is 383 g/mol. The first-order valence-electron chi connectivity index (χ1n) is 10.2. The first-order valence-corrected chi connectivity index (χ1v) is 10.2. The molecule has 0 fully saturated rings. The van der Waals surface area contributed by atoms with Crippen molar-refractivity contribution in [2.24, 2.45) is 0 Å². The van der Waals surface area contributed by atoms with Crippen LogP contribution in [-0.2, 0) is 0 Å². The maximum absolute atomic E-state index is 4.58. The zero-order valence-corrected chi connectivity index (χ0v) is 16.1. The molecule has 0 atom stereocenters. The van der Waals surface area contributed by atoms with Crippen LogP contribution in [0.4, 0.5) is 0 Å². The lowest BCUT2D eigenvalue weighted by atomic mass is 9.97. The molecule has 3 heteroatoms. The summed E-state index contributed by atoms with van der Waals surface area (Å²) >= 11 is 0. The summed E-state index contributed by atoms with van der Waals surface area (Å²) in [5.74, 6) is 0. The summed E-state index contributed by atoms with van der Waals surface area (Å²) in [5.41, 5.74) is 7.06. The number of hydrogen-bond donors (Lipinski definition) is 1. The van der Waals surface area contributed by atoms with Gasteiger partial charge in [-0.15, -0.1) is 0 Å². The van der Waals surface area contributed by atoms with E-state index in [1.165, 1.54) is 49.1 Å². The Bertz CT molecular complexity index is 1750. The number of aromatic nitrogens is 3. The van der Waals surface area contributed by atoms with Crippen LogP contribution in [0.5, 0.6) is 0 Å². The molecule has 0 unspecified atom stereocenters. The molecule has 0 saturated carbocycles. The van der Waals surface area contributed by atoms with Crippen molar-refractivity contribution < 1.29 is 0 Å². The van der Waals surface area contributed by atoms with Crippen LogP contribution in [0.1, 0.15) is 0 Å². The van der Waals surface area contributed by atoms with Crippen LogP contribution in [0.25, 0.3) is 60.1 Å². The predicted octanol–water partition coefficient (Wildman–Crippen LogP) is 6.94. The average Bonchev–Trinajstić information content (AvgIpc) is 3.44. The Kier molecular flexibility index (Phi) is 3.00. The van der Waals surface area contributed by atoms with Crippen LogP contribution in [0, 0.1) is 0 Å². The van der Waals surface area contributed by atoms with Crippen molar-refractivity contribution in [3.8, 4) is 11.1 Å². The molecule has 0 amide bonds. The number of aromatic amines is 1. The fourth-order valence-corrected chi connectivity index (χ4v) is 4.78. The van der Waals surface area contributed by atoms with E-state index in [2.05, 4.69) is 101 Å². The predicted molar refractivity (Wildman–Crippen MR) is 125 cm³/mol. The number of H-pyrrole nitrogens is 1. The second-order valence-electron chi connectivity index (χ2n) is 7.84. The first-order chi connectivity index (χ1) is 14.9. The second kappa shape index (κ2) is 5.71. The maximum atomic E-state index is 4.58. The molecule has 4 aromatic carbocycles. The van der Waals surface area contributed by atoms with E-state index in [0.717, 1.165) is 11.0 Å². The third-order valence-electron chi connectivity index (χ3n) is 6.20. The van der Waals surface area contributed by atoms with Gasteiger partial charge < -0.3 is 4.98 Å². The molecule has 0 radical (unpaired) electrons. The van der Waals surface area contributed by atoms with Crippen molar-refractivity contribution in [2.45, 2.75) is 0 Å². The second-order valence-corrected chi connectivity index (χ2v) is 7.84. The molecule has 0 aliphatic heterocycles. The van der Waals surface area contributed by atoms with E-state index in [1.807, 2.05) is 10.7 Å². The maximum Gasteiger partial charge on any atom is 0.0747 e. The van der Waals surface area contributed by atoms with E-state index in [1.54, 1.807) is 0 Å². The fourth-order valence-electron chi connectivity index (χ4n) is 4.78. The number of rotatable bonds is 1. The summed E-state index contributed by atoms with van der Waals surface area (Å²) in [6.45, 7) is 0. The van der Waals surface area contributed by atoms with Gasteiger partial charge in [0.25, 0.3) is 0 Å². The summed E-state index contributed by atoms with van der Waals surface area (Å²) in [5, 5.41) is 10.8. The van der Waals surface area contributed by atoms with Gasteiger partial charge in [0.05, 0.1) is 17.2 Å². The molecule has 0 aliphatic carbocycles. The van der Waals surface area contributed by atoms with E-state index in [-0.39, 0.29) is 0 Å². The Labute approximate surface area is 172 Å². The van der Waals surface area contributed by atoms with Crippen LogP contribution in [-0.4, -0.2) is 14.6 Å². The summed E-state index contributed by atoms with van der Waals surface area (Å²) in [4.78, 5) is 3.52. The average molecular weight is 383 g/mol. The van der Waals surface area contributed by atoms with Crippen LogP contribution in [0.2, 0.25) is 0 Å². The van der Waals surface area contributed by atoms with Crippen molar-refractivity contribution in [1.82, 2.24) is 14.6 Å². The molecule has 7 aromatic rings. The van der Waals surface area contributed by atoms with E-state index in [4.69, 9.17) is 0 Å². The molecule has 3 aromatic heterocycles. The Morgan fingerprint density at radius 2 is 1.23 bits per heavy atom. The van der Waals surface area contributed by atoms with Gasteiger partial charge in [0.15, 0.2) is 0 Å². The van der Waals surface area contributed by atoms with Gasteiger partial charge >= 0.3 is 0 Å². The zero-order chi connectivity index (χ0) is 19.7. The van der Waals surface area contributed by atoms with Gasteiger partial charge in [0, 0.05) is 32.6 Å². The number of para-hydroxylation sites is 2. The van der Waals surface area contributed by atoms with Crippen molar-refractivity contribution in [2.75, 3.05) is 0 Å². The van der Waals surface area contributed by atoms with E-state index < -0.39 is 0 Å². The van der Waals surface area contributed by atoms with E-state index in [0.29, 0.717) is 0 Å². The molecule has 0 aliphatic rings. The van der Waals surface area contributed by atoms with Gasteiger partial charge in [-0.25, -0.2) is 4.52 Å². The van der Waals surface area contributed by atoms with Gasteiger partial charge in [0.2, 0.25) is 0 Å². The van der Waals surface area contributed by atoms with Crippen molar-refractivity contribution in [1.29, 1.82) is 0 Å². The molecule has 7 rings (SSSR count). The minimum atomic E-state index is 1.14. The molecule has 0 bridgehead atoms. The highest BCUT2D eigenvalue weighted by Crippen LogP contribution is 2.34. The number of hydrogen-bond acceptors (Lipinski definition) is 1. The van der Waals surface area contributed by atoms with Gasteiger partial charge in [0.1, 0.15) is 0 Å². The fraction of sp³-hybridized carbons (Fsp3) is 0. The van der Waals surface area contributed by atoms with Gasteiger partial charge in [-0.05, 0) is 52.9 Å². The molecule has 140 valence electrons. The molecular weight excluding hydrogens is 366 g/mol. The molecule has 30 heavy (non-hydrogen) atoms. The van der Waals surface area contributed by atoms with Gasteiger partial charge in [-0.1, -0.05) is 54.6 Å². The summed E-state index contributed by atoms with van der Waals surface area (Å²) in [7, 11) is 0. The Morgan fingerprint density at radius 1 is 0.533 bits per heavy atom. The van der Waals surface area contributed by atoms with Gasteiger partial charge in [-0.2, -0.15) is 5.10 Å². The van der Waals surface area contributed by atoms with Crippen LogP contribution < -0.4 is 0 Å². The lowest BCUT2D eigenvalue weighted by molar-refractivity contribution is 1.01. The SMILES string of the molecule is c1ccc2c(c1)[nH]c1ccc(-c3ccc4c5ccccc5n5nccc5c4c3)cc12. The Balaban J connectivity index is 1.53. The molecular formula is C27H17N3. The van der Waals surface area contributed by atoms with E-state index in [9.17, 15) is 0 Å². The van der Waals surface area contributed by atoms with Crippen LogP contribution >= 0.6 is 0 Å². The highest BCUT2D eigenvalue weighted by Gasteiger charge is 2.11. The Morgan fingerprint density at radius 3 is 2.17 bits per heavy atom. The lowest BCUT2D eigenvalue weighted by Gasteiger charge is -2.10. The summed E-state index contributed by atoms with van der Waals surface area (Å²) < 4.78 is 2.05. The topological polar surface area (TPSA) is 33.1 Å². The molecule has 0 spiro atoms. The summed E-state index contributed by atoms with van der Waals surface area (Å²) in [6, 6.07) is 32.5. The smallest absolute Gasteiger partial charge is 0.0747 e. The molecule has 1 N–H and O–H groups in total. The lowest BCUT2D eigenvalue weighted by Crippen LogP contribution is -1.92. The number of nitrogens with one attached hydrogen (secondary N) is 1. The van der Waals surface area contributed by atoms with Crippen molar-refractivity contribution in [3.63, 3.8) is 0 Å². The van der Waals surface area contributed by atoms with Crippen LogP contribution in [0.15, 0.2) is 97.2 Å². The normalized spacial score (nSPS) is 12.0. The number of nitrogens with zero attached hydrogens (tertiary/aromatic N) is 2. The third kappa shape index (κ3) is 2.06. The number of benzene rings is 4.